The van der Waals surface area contributed by atoms with Crippen LogP contribution in [0.4, 0.5) is 0 Å². The minimum Gasteiger partial charge on any atom is -0.343 e. The molecule has 0 aromatic heterocycles. The monoisotopic (exact) mass is 293 g/mol. The van der Waals surface area contributed by atoms with E-state index in [1.807, 2.05) is 30.9 Å². The van der Waals surface area contributed by atoms with E-state index < -0.39 is 0 Å². The zero-order chi connectivity index (χ0) is 15.0. The summed E-state index contributed by atoms with van der Waals surface area (Å²) < 4.78 is 0. The number of benzene rings is 1. The van der Waals surface area contributed by atoms with Crippen LogP contribution in [0.1, 0.15) is 31.4 Å². The van der Waals surface area contributed by atoms with Gasteiger partial charge >= 0.3 is 0 Å². The Labute approximate surface area is 125 Å². The minimum absolute atomic E-state index is 0.161. The van der Waals surface area contributed by atoms with Crippen LogP contribution in [0.2, 0.25) is 5.02 Å². The van der Waals surface area contributed by atoms with Crippen molar-refractivity contribution in [3.05, 3.63) is 34.3 Å². The summed E-state index contributed by atoms with van der Waals surface area (Å²) in [6.45, 7) is 6.66. The summed E-state index contributed by atoms with van der Waals surface area (Å²) in [5.41, 5.74) is 1.48. The summed E-state index contributed by atoms with van der Waals surface area (Å²) in [6, 6.07) is 7.27. The maximum Gasteiger partial charge on any atom is 0.223 e. The van der Waals surface area contributed by atoms with Gasteiger partial charge in [-0.25, -0.2) is 0 Å². The molecule has 0 fully saturated rings. The second-order valence-electron chi connectivity index (χ2n) is 4.41. The molecule has 20 heavy (non-hydrogen) atoms. The second kappa shape index (κ2) is 8.57. The first-order chi connectivity index (χ1) is 9.62. The van der Waals surface area contributed by atoms with Crippen LogP contribution in [0.25, 0.3) is 0 Å². The van der Waals surface area contributed by atoms with Gasteiger partial charge in [0, 0.05) is 37.6 Å². The fourth-order valence-corrected chi connectivity index (χ4v) is 2.16. The number of halogens is 1. The van der Waals surface area contributed by atoms with E-state index in [1.165, 1.54) is 0 Å². The van der Waals surface area contributed by atoms with Gasteiger partial charge in [-0.3, -0.25) is 4.79 Å². The number of amides is 1. The molecule has 0 unspecified atom stereocenters. The number of rotatable bonds is 7. The number of nitrogens with one attached hydrogen (secondary N) is 1. The molecule has 108 valence electrons. The first-order valence-electron chi connectivity index (χ1n) is 6.79. The molecule has 0 atom stereocenters. The first-order valence-corrected chi connectivity index (χ1v) is 7.17. The van der Waals surface area contributed by atoms with Gasteiger partial charge in [0.25, 0.3) is 0 Å². The molecule has 1 rings (SSSR count). The summed E-state index contributed by atoms with van der Waals surface area (Å²) in [5.74, 6) is 0.161. The zero-order valence-electron chi connectivity index (χ0n) is 11.9. The summed E-state index contributed by atoms with van der Waals surface area (Å²) >= 11 is 6.08. The molecule has 0 saturated heterocycles. The highest BCUT2D eigenvalue weighted by atomic mass is 35.5. The molecule has 0 spiro atoms. The van der Waals surface area contributed by atoms with E-state index in [9.17, 15) is 4.79 Å². The third kappa shape index (κ3) is 4.84. The number of carbonyl (C=O) groups excluding carboxylic acids is 1. The maximum absolute atomic E-state index is 11.8. The van der Waals surface area contributed by atoms with E-state index in [1.54, 1.807) is 12.1 Å². The largest absolute Gasteiger partial charge is 0.343 e. The van der Waals surface area contributed by atoms with Gasteiger partial charge in [-0.05, 0) is 31.5 Å². The Balaban J connectivity index is 2.38. The zero-order valence-corrected chi connectivity index (χ0v) is 12.7. The molecule has 0 heterocycles. The van der Waals surface area contributed by atoms with Crippen LogP contribution < -0.4 is 5.32 Å². The molecular weight excluding hydrogens is 274 g/mol. The Morgan fingerprint density at radius 2 is 2.10 bits per heavy atom. The predicted octanol–water partition coefficient (Wildman–Crippen LogP) is 2.56. The van der Waals surface area contributed by atoms with Crippen LogP contribution in [-0.4, -0.2) is 30.4 Å². The lowest BCUT2D eigenvalue weighted by atomic mass is 10.1. The summed E-state index contributed by atoms with van der Waals surface area (Å²) in [6.07, 6.45) is 0.482. The van der Waals surface area contributed by atoms with Crippen LogP contribution in [0, 0.1) is 11.3 Å². The maximum atomic E-state index is 11.8. The van der Waals surface area contributed by atoms with E-state index in [2.05, 4.69) is 5.32 Å². The lowest BCUT2D eigenvalue weighted by Crippen LogP contribution is -2.32. The van der Waals surface area contributed by atoms with E-state index in [4.69, 9.17) is 16.9 Å². The van der Waals surface area contributed by atoms with Crippen molar-refractivity contribution in [1.29, 1.82) is 5.26 Å². The molecule has 5 heteroatoms. The van der Waals surface area contributed by atoms with E-state index in [-0.39, 0.29) is 5.91 Å². The SMILES string of the molecule is CCN(CC)C(=O)CCNCc1ccc(C#N)cc1Cl. The molecule has 0 aliphatic carbocycles. The lowest BCUT2D eigenvalue weighted by molar-refractivity contribution is -0.130. The van der Waals surface area contributed by atoms with Crippen molar-refractivity contribution in [2.24, 2.45) is 0 Å². The highest BCUT2D eigenvalue weighted by Crippen LogP contribution is 2.17. The van der Waals surface area contributed by atoms with E-state index in [0.717, 1.165) is 18.7 Å². The van der Waals surface area contributed by atoms with Crippen molar-refractivity contribution < 1.29 is 4.79 Å². The predicted molar refractivity (Wildman–Crippen MR) is 80.4 cm³/mol. The standard InChI is InChI=1S/C15H20ClN3O/c1-3-19(4-2)15(20)7-8-18-11-13-6-5-12(10-17)9-14(13)16/h5-6,9,18H,3-4,7-8,11H2,1-2H3. The van der Waals surface area contributed by atoms with E-state index >= 15 is 0 Å². The molecule has 0 aliphatic rings. The Kier molecular flexibility index (Phi) is 7.06. The van der Waals surface area contributed by atoms with Crippen LogP contribution >= 0.6 is 11.6 Å². The van der Waals surface area contributed by atoms with E-state index in [0.29, 0.717) is 30.1 Å². The molecule has 0 bridgehead atoms. The molecule has 4 nitrogen and oxygen atoms in total. The third-order valence-electron chi connectivity index (χ3n) is 3.13. The fraction of sp³-hybridized carbons (Fsp3) is 0.467. The van der Waals surface area contributed by atoms with Crippen molar-refractivity contribution in [2.75, 3.05) is 19.6 Å². The minimum atomic E-state index is 0.161. The van der Waals surface area contributed by atoms with Gasteiger partial charge in [0.05, 0.1) is 11.6 Å². The van der Waals surface area contributed by atoms with Gasteiger partial charge < -0.3 is 10.2 Å². The van der Waals surface area contributed by atoms with Crippen LogP contribution in [0.3, 0.4) is 0 Å². The second-order valence-corrected chi connectivity index (χ2v) is 4.82. The highest BCUT2D eigenvalue weighted by Gasteiger charge is 2.08. The number of carbonyl (C=O) groups is 1. The highest BCUT2D eigenvalue weighted by molar-refractivity contribution is 6.31. The quantitative estimate of drug-likeness (QED) is 0.786. The summed E-state index contributed by atoms with van der Waals surface area (Å²) in [7, 11) is 0. The summed E-state index contributed by atoms with van der Waals surface area (Å²) in [5, 5.41) is 12.5. The number of nitrogens with zero attached hydrogens (tertiary/aromatic N) is 2. The Hall–Kier alpha value is -1.57. The third-order valence-corrected chi connectivity index (χ3v) is 3.48. The number of hydrogen-bond donors (Lipinski definition) is 1. The van der Waals surface area contributed by atoms with Gasteiger partial charge in [0.15, 0.2) is 0 Å². The average Bonchev–Trinajstić information content (AvgIpc) is 2.46. The summed E-state index contributed by atoms with van der Waals surface area (Å²) in [4.78, 5) is 13.6. The normalized spacial score (nSPS) is 10.1. The van der Waals surface area contributed by atoms with Crippen LogP contribution in [-0.2, 0) is 11.3 Å². The molecule has 0 saturated carbocycles. The lowest BCUT2D eigenvalue weighted by Gasteiger charge is -2.18. The van der Waals surface area contributed by atoms with Gasteiger partial charge in [0.2, 0.25) is 5.91 Å². The molecule has 1 aromatic carbocycles. The molecule has 0 aliphatic heterocycles. The van der Waals surface area contributed by atoms with Crippen LogP contribution in [0.15, 0.2) is 18.2 Å². The van der Waals surface area contributed by atoms with Crippen LogP contribution in [0.5, 0.6) is 0 Å². The fourth-order valence-electron chi connectivity index (χ4n) is 1.91. The average molecular weight is 294 g/mol. The Morgan fingerprint density at radius 3 is 2.65 bits per heavy atom. The Bertz CT molecular complexity index is 492. The molecular formula is C15H20ClN3O. The molecule has 1 N–H and O–H groups in total. The van der Waals surface area contributed by atoms with Gasteiger partial charge in [0.1, 0.15) is 0 Å². The molecule has 1 amide bonds. The Morgan fingerprint density at radius 1 is 1.40 bits per heavy atom. The first kappa shape index (κ1) is 16.5. The van der Waals surface area contributed by atoms with Crippen molar-refractivity contribution in [1.82, 2.24) is 10.2 Å². The molecule has 0 radical (unpaired) electrons. The van der Waals surface area contributed by atoms with Crippen molar-refractivity contribution >= 4 is 17.5 Å². The number of nitriles is 1. The molecule has 1 aromatic rings. The van der Waals surface area contributed by atoms with Crippen molar-refractivity contribution in [3.8, 4) is 6.07 Å². The van der Waals surface area contributed by atoms with Crippen molar-refractivity contribution in [2.45, 2.75) is 26.8 Å². The van der Waals surface area contributed by atoms with Gasteiger partial charge in [-0.1, -0.05) is 17.7 Å². The van der Waals surface area contributed by atoms with Gasteiger partial charge in [-0.2, -0.15) is 5.26 Å². The van der Waals surface area contributed by atoms with Gasteiger partial charge in [-0.15, -0.1) is 0 Å². The smallest absolute Gasteiger partial charge is 0.223 e. The van der Waals surface area contributed by atoms with Crippen molar-refractivity contribution in [3.63, 3.8) is 0 Å². The number of hydrogen-bond acceptors (Lipinski definition) is 3. The topological polar surface area (TPSA) is 56.1 Å².